The predicted octanol–water partition coefficient (Wildman–Crippen LogP) is 2.89. The molecule has 2 bridgehead atoms. The van der Waals surface area contributed by atoms with Crippen molar-refractivity contribution in [3.63, 3.8) is 0 Å². The van der Waals surface area contributed by atoms with Crippen LogP contribution in [0.1, 0.15) is 61.0 Å². The molecule has 5 rings (SSSR count). The summed E-state index contributed by atoms with van der Waals surface area (Å²) in [5.41, 5.74) is 4.06. The molecule has 0 aromatic carbocycles. The summed E-state index contributed by atoms with van der Waals surface area (Å²) < 4.78 is 1.88. The number of nitrogens with zero attached hydrogens (tertiary/aromatic N) is 5. The van der Waals surface area contributed by atoms with Gasteiger partial charge in [0.2, 0.25) is 0 Å². The number of hydrogen-bond donors (Lipinski definition) is 2. The first kappa shape index (κ1) is 19.0. The summed E-state index contributed by atoms with van der Waals surface area (Å²) in [7, 11) is 0. The Kier molecular flexibility index (Phi) is 4.84. The highest BCUT2D eigenvalue weighted by Gasteiger charge is 2.39. The Balaban J connectivity index is 1.30. The maximum absolute atomic E-state index is 13.1. The van der Waals surface area contributed by atoms with Gasteiger partial charge in [-0.1, -0.05) is 29.3 Å². The van der Waals surface area contributed by atoms with Crippen molar-refractivity contribution in [2.24, 2.45) is 11.3 Å². The minimum Gasteiger partial charge on any atom is -0.350 e. The van der Waals surface area contributed by atoms with Gasteiger partial charge in [-0.3, -0.25) is 9.20 Å². The molecule has 3 heterocycles. The Hall–Kier alpha value is -3.03. The van der Waals surface area contributed by atoms with E-state index in [-0.39, 0.29) is 11.3 Å². The van der Waals surface area contributed by atoms with Crippen LogP contribution in [0.5, 0.6) is 0 Å². The number of rotatable bonds is 6. The smallest absolute Gasteiger partial charge is 0.268 e. The molecular weight excluding hydrogens is 378 g/mol. The summed E-state index contributed by atoms with van der Waals surface area (Å²) in [5.74, 6) is 1.32. The lowest BCUT2D eigenvalue weighted by atomic mass is 9.62. The summed E-state index contributed by atoms with van der Waals surface area (Å²) in [6, 6.07) is 5.68. The normalized spacial score (nSPS) is 23.4. The number of pyridine rings is 1. The molecule has 2 aliphatic rings. The molecule has 2 N–H and O–H groups in total. The summed E-state index contributed by atoms with van der Waals surface area (Å²) in [6.45, 7) is 3.00. The van der Waals surface area contributed by atoms with Crippen LogP contribution < -0.4 is 5.32 Å². The maximum Gasteiger partial charge on any atom is 0.268 e. The topological polar surface area (TPSA) is 101 Å². The first-order chi connectivity index (χ1) is 14.6. The number of aromatic nitrogens is 6. The number of amides is 1. The highest BCUT2D eigenvalue weighted by molar-refractivity contribution is 5.93. The van der Waals surface area contributed by atoms with E-state index in [4.69, 9.17) is 0 Å². The van der Waals surface area contributed by atoms with Gasteiger partial charge in [0.05, 0.1) is 5.69 Å². The van der Waals surface area contributed by atoms with E-state index >= 15 is 0 Å². The summed E-state index contributed by atoms with van der Waals surface area (Å²) >= 11 is 0. The molecule has 0 spiro atoms. The van der Waals surface area contributed by atoms with Crippen LogP contribution in [0.15, 0.2) is 36.0 Å². The number of fused-ring (bicyclic) bond motifs is 3. The van der Waals surface area contributed by atoms with E-state index < -0.39 is 0 Å². The van der Waals surface area contributed by atoms with E-state index in [0.717, 1.165) is 24.3 Å². The van der Waals surface area contributed by atoms with E-state index in [1.165, 1.54) is 31.3 Å². The lowest BCUT2D eigenvalue weighted by Crippen LogP contribution is -2.42. The molecule has 2 atom stereocenters. The molecule has 1 fully saturated rings. The summed E-state index contributed by atoms with van der Waals surface area (Å²) in [4.78, 5) is 17.7. The van der Waals surface area contributed by atoms with E-state index in [2.05, 4.69) is 43.9 Å². The average Bonchev–Trinajstić information content (AvgIpc) is 3.43. The van der Waals surface area contributed by atoms with Crippen molar-refractivity contribution in [2.45, 2.75) is 51.9 Å². The second-order valence-corrected chi connectivity index (χ2v) is 8.83. The fraction of sp³-hybridized carbons (Fsp3) is 0.500. The van der Waals surface area contributed by atoms with Crippen molar-refractivity contribution in [1.82, 2.24) is 35.3 Å². The second-order valence-electron chi connectivity index (χ2n) is 8.83. The Labute approximate surface area is 175 Å². The molecule has 1 amide bonds. The van der Waals surface area contributed by atoms with Gasteiger partial charge in [-0.2, -0.15) is 5.21 Å². The molecule has 3 aromatic heterocycles. The van der Waals surface area contributed by atoms with E-state index in [1.807, 2.05) is 28.8 Å². The largest absolute Gasteiger partial charge is 0.350 e. The SMILES string of the molecule is CC1=CCC2(CNC(=O)c3cccc4nc(CCc5nn[nH]n5)cn34)CCCC1C2. The zero-order valence-corrected chi connectivity index (χ0v) is 17.3. The first-order valence-electron chi connectivity index (χ1n) is 10.8. The Morgan fingerprint density at radius 3 is 3.17 bits per heavy atom. The molecule has 30 heavy (non-hydrogen) atoms. The van der Waals surface area contributed by atoms with Crippen molar-refractivity contribution in [1.29, 1.82) is 0 Å². The van der Waals surface area contributed by atoms with Gasteiger partial charge in [-0.05, 0) is 62.5 Å². The Bertz CT molecular complexity index is 1080. The molecule has 2 aliphatic carbocycles. The van der Waals surface area contributed by atoms with Crippen LogP contribution in [0.3, 0.4) is 0 Å². The van der Waals surface area contributed by atoms with Gasteiger partial charge < -0.3 is 5.32 Å². The van der Waals surface area contributed by atoms with Crippen molar-refractivity contribution in [3.8, 4) is 0 Å². The van der Waals surface area contributed by atoms with Crippen LogP contribution in [0.2, 0.25) is 0 Å². The molecule has 3 aromatic rings. The molecule has 156 valence electrons. The molecule has 8 heteroatoms. The van der Waals surface area contributed by atoms with Gasteiger partial charge in [0, 0.05) is 19.2 Å². The molecular formula is C22H27N7O. The monoisotopic (exact) mass is 405 g/mol. The first-order valence-corrected chi connectivity index (χ1v) is 10.8. The third-order valence-corrected chi connectivity index (χ3v) is 6.83. The van der Waals surface area contributed by atoms with Gasteiger partial charge in [0.25, 0.3) is 5.91 Å². The number of imidazole rings is 1. The number of carbonyl (C=O) groups is 1. The van der Waals surface area contributed by atoms with Gasteiger partial charge in [-0.25, -0.2) is 4.98 Å². The second kappa shape index (κ2) is 7.66. The van der Waals surface area contributed by atoms with Crippen LogP contribution in [-0.2, 0) is 12.8 Å². The minimum atomic E-state index is -0.0366. The van der Waals surface area contributed by atoms with Crippen LogP contribution in [0, 0.1) is 11.3 Å². The highest BCUT2D eigenvalue weighted by Crippen LogP contribution is 2.48. The average molecular weight is 406 g/mol. The number of carbonyl (C=O) groups excluding carboxylic acids is 1. The lowest BCUT2D eigenvalue weighted by molar-refractivity contribution is 0.0874. The number of hydrogen-bond acceptors (Lipinski definition) is 5. The number of aryl methyl sites for hydroxylation is 2. The molecule has 2 unspecified atom stereocenters. The van der Waals surface area contributed by atoms with Crippen LogP contribution in [0.25, 0.3) is 5.65 Å². The number of aromatic amines is 1. The number of H-pyrrole nitrogens is 1. The molecule has 1 saturated carbocycles. The third kappa shape index (κ3) is 3.62. The lowest BCUT2D eigenvalue weighted by Gasteiger charge is -2.44. The maximum atomic E-state index is 13.1. The van der Waals surface area contributed by atoms with Crippen molar-refractivity contribution >= 4 is 11.6 Å². The van der Waals surface area contributed by atoms with Crippen LogP contribution in [0.4, 0.5) is 0 Å². The Morgan fingerprint density at radius 1 is 1.37 bits per heavy atom. The van der Waals surface area contributed by atoms with Gasteiger partial charge in [-0.15, -0.1) is 10.2 Å². The van der Waals surface area contributed by atoms with E-state index in [1.54, 1.807) is 0 Å². The van der Waals surface area contributed by atoms with Crippen molar-refractivity contribution in [2.75, 3.05) is 6.54 Å². The van der Waals surface area contributed by atoms with Crippen molar-refractivity contribution in [3.05, 3.63) is 53.3 Å². The summed E-state index contributed by atoms with van der Waals surface area (Å²) in [6.07, 6.45) is 11.7. The quantitative estimate of drug-likeness (QED) is 0.614. The fourth-order valence-electron chi connectivity index (χ4n) is 5.05. The number of tetrazole rings is 1. The Morgan fingerprint density at radius 2 is 2.30 bits per heavy atom. The van der Waals surface area contributed by atoms with Gasteiger partial charge in [0.1, 0.15) is 11.3 Å². The molecule has 0 saturated heterocycles. The minimum absolute atomic E-state index is 0.0366. The molecule has 0 aliphatic heterocycles. The predicted molar refractivity (Wildman–Crippen MR) is 112 cm³/mol. The van der Waals surface area contributed by atoms with Gasteiger partial charge in [0.15, 0.2) is 5.82 Å². The third-order valence-electron chi connectivity index (χ3n) is 6.83. The molecule has 8 nitrogen and oxygen atoms in total. The van der Waals surface area contributed by atoms with Gasteiger partial charge >= 0.3 is 0 Å². The fourth-order valence-corrected chi connectivity index (χ4v) is 5.05. The standard InChI is InChI=1S/C22H27N7O/c1-15-9-11-22(10-3-4-16(15)12-22)14-23-21(30)18-5-2-6-20-24-17(13-29(18)20)7-8-19-25-27-28-26-19/h2,5-6,9,13,16H,3-4,7-8,10-12,14H2,1H3,(H,23,30)(H,25,26,27,28). The van der Waals surface area contributed by atoms with Crippen LogP contribution in [-0.4, -0.2) is 42.5 Å². The summed E-state index contributed by atoms with van der Waals surface area (Å²) in [5, 5.41) is 17.2. The molecule has 0 radical (unpaired) electrons. The zero-order valence-electron chi connectivity index (χ0n) is 17.3. The number of nitrogens with one attached hydrogen (secondary N) is 2. The highest BCUT2D eigenvalue weighted by atomic mass is 16.1. The van der Waals surface area contributed by atoms with E-state index in [9.17, 15) is 4.79 Å². The van der Waals surface area contributed by atoms with E-state index in [0.29, 0.717) is 30.3 Å². The van der Waals surface area contributed by atoms with Crippen LogP contribution >= 0.6 is 0 Å². The zero-order chi connectivity index (χ0) is 20.6. The van der Waals surface area contributed by atoms with Crippen molar-refractivity contribution < 1.29 is 4.79 Å². The number of allylic oxidation sites excluding steroid dienone is 2.